The summed E-state index contributed by atoms with van der Waals surface area (Å²) in [5, 5.41) is 19.9. The third kappa shape index (κ3) is 4.84. The second kappa shape index (κ2) is 10.2. The number of ether oxygens (including phenoxy) is 1. The van der Waals surface area contributed by atoms with E-state index in [-0.39, 0.29) is 37.7 Å². The summed E-state index contributed by atoms with van der Waals surface area (Å²) in [5.41, 5.74) is 4.73. The molecule has 2 saturated carbocycles. The topological polar surface area (TPSA) is 87.8 Å². The van der Waals surface area contributed by atoms with Crippen LogP contribution in [-0.2, 0) is 4.74 Å². The molecule has 0 amide bonds. The summed E-state index contributed by atoms with van der Waals surface area (Å²) in [6.45, 7) is 8.83. The molecule has 0 radical (unpaired) electrons. The minimum absolute atomic E-state index is 0.0754. The Morgan fingerprint density at radius 3 is 2.50 bits per heavy atom. The van der Waals surface area contributed by atoms with Gasteiger partial charge in [-0.2, -0.15) is 0 Å². The van der Waals surface area contributed by atoms with Crippen molar-refractivity contribution < 1.29 is 14.2 Å². The molecule has 38 heavy (non-hydrogen) atoms. The van der Waals surface area contributed by atoms with Gasteiger partial charge >= 0.3 is 223 Å². The molecule has 8 nitrogen and oxygen atoms in total. The number of hydrogen-bond donors (Lipinski definition) is 2. The first-order valence-corrected chi connectivity index (χ1v) is 16.1. The van der Waals surface area contributed by atoms with Crippen LogP contribution < -0.4 is 9.62 Å². The average Bonchev–Trinajstić information content (AvgIpc) is 3.82. The average molecular weight is 608 g/mol. The number of hydrogen-bond acceptors (Lipinski definition) is 8. The molecule has 0 aromatic carbocycles. The molecule has 2 aliphatic carbocycles. The maximum absolute atomic E-state index is 10.9. The van der Waals surface area contributed by atoms with Crippen LogP contribution in [0.25, 0.3) is 15.9 Å². The first kappa shape index (κ1) is 26.7. The zero-order valence-electron chi connectivity index (χ0n) is 22.5. The molecule has 4 aliphatic rings. The van der Waals surface area contributed by atoms with E-state index in [4.69, 9.17) is 9.72 Å². The Bertz CT molecular complexity index is 1310. The first-order chi connectivity index (χ1) is 18.3. The number of nitrogens with zero attached hydrogens (tertiary/aromatic N) is 5. The van der Waals surface area contributed by atoms with Crippen LogP contribution in [0, 0.1) is 12.3 Å². The molecule has 2 aliphatic heterocycles. The first-order valence-electron chi connectivity index (χ1n) is 13.6. The predicted octanol–water partition coefficient (Wildman–Crippen LogP) is 4.14. The van der Waals surface area contributed by atoms with E-state index in [9.17, 15) is 9.50 Å². The van der Waals surface area contributed by atoms with E-state index in [2.05, 4.69) is 50.3 Å². The molecule has 0 bridgehead atoms. The van der Waals surface area contributed by atoms with E-state index in [1.807, 2.05) is 6.92 Å². The van der Waals surface area contributed by atoms with Crippen LogP contribution in [0.15, 0.2) is 17.2 Å². The molecule has 7 rings (SSSR count). The summed E-state index contributed by atoms with van der Waals surface area (Å²) in [6.07, 6.45) is 8.53. The van der Waals surface area contributed by atoms with Crippen molar-refractivity contribution in [2.24, 2.45) is 5.41 Å². The monoisotopic (exact) mass is 608 g/mol. The summed E-state index contributed by atoms with van der Waals surface area (Å²) in [6, 6.07) is 2.32. The molecular weight excluding hydrogens is 570 g/mol. The Labute approximate surface area is 233 Å². The van der Waals surface area contributed by atoms with Crippen molar-refractivity contribution in [1.29, 1.82) is 0 Å². The molecule has 206 valence electrons. The predicted molar refractivity (Wildman–Crippen MR) is 149 cm³/mol. The van der Waals surface area contributed by atoms with Gasteiger partial charge in [0.2, 0.25) is 0 Å². The quantitative estimate of drug-likeness (QED) is 0.320. The van der Waals surface area contributed by atoms with Crippen LogP contribution in [0.4, 0.5) is 10.1 Å². The van der Waals surface area contributed by atoms with Gasteiger partial charge in [-0.3, -0.25) is 4.39 Å². The van der Waals surface area contributed by atoms with Gasteiger partial charge in [0.25, 0.3) is 0 Å². The van der Waals surface area contributed by atoms with Gasteiger partial charge in [-0.1, -0.05) is 0 Å². The molecule has 2 N–H and O–H groups in total. The number of rotatable bonds is 6. The molecule has 11 heteroatoms. The molecule has 5 heterocycles. The zero-order chi connectivity index (χ0) is 26.7. The molecule has 2 unspecified atom stereocenters. The number of fused-ring (bicyclic) bond motifs is 1. The number of aromatic nitrogens is 4. The Balaban J connectivity index is 0.00000129. The van der Waals surface area contributed by atoms with E-state index < -0.39 is 0 Å². The number of halogens is 1. The van der Waals surface area contributed by atoms with Crippen LogP contribution in [0.5, 0.6) is 0 Å². The van der Waals surface area contributed by atoms with Crippen molar-refractivity contribution in [1.82, 2.24) is 24.3 Å². The summed E-state index contributed by atoms with van der Waals surface area (Å²) in [5.74, 6) is 0.531. The molecule has 3 aromatic heterocycles. The summed E-state index contributed by atoms with van der Waals surface area (Å²) in [4.78, 5) is 8.98. The van der Waals surface area contributed by atoms with Crippen LogP contribution in [0.1, 0.15) is 68.6 Å². The number of imidazole rings is 1. The van der Waals surface area contributed by atoms with E-state index in [0.29, 0.717) is 19.7 Å². The van der Waals surface area contributed by atoms with E-state index >= 15 is 0 Å². The number of nitrogens with one attached hydrogen (secondary N) is 1. The number of aliphatic hydroxyl groups excluding tert-OH is 1. The zero-order valence-corrected chi connectivity index (χ0v) is 25.1. The molecular formula is C27H37FN6O2SSe. The molecule has 1 spiro atoms. The van der Waals surface area contributed by atoms with E-state index in [1.165, 1.54) is 47.7 Å². The van der Waals surface area contributed by atoms with Crippen molar-refractivity contribution in [3.63, 3.8) is 0 Å². The van der Waals surface area contributed by atoms with Crippen molar-refractivity contribution >= 4 is 37.8 Å². The number of aliphatic hydroxyl groups is 1. The second-order valence-corrected chi connectivity index (χ2v) is 14.9. The van der Waals surface area contributed by atoms with Crippen molar-refractivity contribution in [2.45, 2.75) is 87.9 Å². The summed E-state index contributed by atoms with van der Waals surface area (Å²) >= 11 is 1.89. The normalized spacial score (nSPS) is 25.6. The fraction of sp³-hybridized carbons (Fsp3) is 0.667. The Hall–Kier alpha value is -1.49. The van der Waals surface area contributed by atoms with Crippen LogP contribution in [0.3, 0.4) is 0 Å². The summed E-state index contributed by atoms with van der Waals surface area (Å²) in [7, 11) is 0.500. The van der Waals surface area contributed by atoms with Gasteiger partial charge in [-0.25, -0.2) is 0 Å². The van der Waals surface area contributed by atoms with Gasteiger partial charge in [-0.15, -0.1) is 0 Å². The molecule has 2 atom stereocenters. The molecule has 2 saturated heterocycles. The molecule has 4 fully saturated rings. The van der Waals surface area contributed by atoms with Gasteiger partial charge in [0, 0.05) is 0 Å². The van der Waals surface area contributed by atoms with Crippen molar-refractivity contribution in [3.8, 4) is 10.3 Å². The van der Waals surface area contributed by atoms with Gasteiger partial charge in [0.15, 0.2) is 0 Å². The third-order valence-electron chi connectivity index (χ3n) is 8.62. The summed E-state index contributed by atoms with van der Waals surface area (Å²) < 4.78 is 23.6. The van der Waals surface area contributed by atoms with E-state index in [0.717, 1.165) is 40.7 Å². The van der Waals surface area contributed by atoms with Crippen LogP contribution in [-0.4, -0.2) is 83.8 Å². The van der Waals surface area contributed by atoms with Gasteiger partial charge < -0.3 is 0 Å². The number of pyridine rings is 1. The number of piperidine rings is 1. The van der Waals surface area contributed by atoms with Gasteiger partial charge in [-0.05, 0) is 0 Å². The Morgan fingerprint density at radius 1 is 1.18 bits per heavy atom. The number of aryl methyl sites for hydroxylation is 1. The van der Waals surface area contributed by atoms with Crippen LogP contribution >= 0.6 is 11.9 Å². The molecule has 3 aromatic rings. The van der Waals surface area contributed by atoms with E-state index in [1.54, 1.807) is 11.9 Å². The number of alkyl halides is 1. The van der Waals surface area contributed by atoms with Gasteiger partial charge in [0.1, 0.15) is 0 Å². The fourth-order valence-electron chi connectivity index (χ4n) is 5.73. The van der Waals surface area contributed by atoms with Gasteiger partial charge in [0.05, 0.1) is 7.18 Å². The third-order valence-corrected chi connectivity index (χ3v) is 11.4. The SMILES string of the molecule is CF.Cc1nnc(-c2c(C3CC3)nc3c(N4CCC5(CC4)COC(C)C5O)cc(SNC4(C)CC4)cn23)[se]1. The maximum atomic E-state index is 10.9. The second-order valence-electron chi connectivity index (χ2n) is 11.6. The fourth-order valence-corrected chi connectivity index (χ4v) is 8.19. The number of anilines is 1. The standard InChI is InChI=1S/C26H34N6O2SSe.CH3F/c1-15-22(33)26(14-34-15)8-10-31(11-9-26)19-12-18(35-30-25(3)6-7-25)13-32-21(24-29-28-16(2)36-24)20(17-4-5-17)27-23(19)32;1-2/h12-13,15,17,22,30,33H,4-11,14H2,1-3H3;1H3. The Kier molecular flexibility index (Phi) is 7.14. The Morgan fingerprint density at radius 2 is 1.92 bits per heavy atom. The van der Waals surface area contributed by atoms with Crippen LogP contribution in [0.2, 0.25) is 0 Å². The minimum atomic E-state index is -0.379. The van der Waals surface area contributed by atoms with Crippen molar-refractivity contribution in [3.05, 3.63) is 22.5 Å². The van der Waals surface area contributed by atoms with Crippen molar-refractivity contribution in [2.75, 3.05) is 31.8 Å².